The molecular weight excluding hydrogens is 371 g/mol. The van der Waals surface area contributed by atoms with E-state index in [1.165, 1.54) is 12.1 Å². The number of carbonyl (C=O) groups excluding carboxylic acids is 1. The third kappa shape index (κ3) is 4.67. The minimum absolute atomic E-state index is 0.0285. The van der Waals surface area contributed by atoms with E-state index in [0.29, 0.717) is 6.42 Å². The van der Waals surface area contributed by atoms with Gasteiger partial charge in [-0.1, -0.05) is 38.1 Å². The molecule has 0 spiro atoms. The van der Waals surface area contributed by atoms with Crippen LogP contribution in [0, 0.1) is 12.7 Å². The van der Waals surface area contributed by atoms with Crippen molar-refractivity contribution in [3.63, 3.8) is 0 Å². The molecule has 1 fully saturated rings. The van der Waals surface area contributed by atoms with Crippen molar-refractivity contribution in [3.05, 3.63) is 58.9 Å². The number of cyclic esters (lactones) is 1. The first-order valence-electron chi connectivity index (χ1n) is 9.83. The van der Waals surface area contributed by atoms with Crippen LogP contribution in [0.4, 0.5) is 4.39 Å². The molecule has 0 saturated carbocycles. The smallest absolute Gasteiger partial charge is 0.309 e. The van der Waals surface area contributed by atoms with Gasteiger partial charge in [0.05, 0.1) is 19.6 Å². The summed E-state index contributed by atoms with van der Waals surface area (Å²) in [4.78, 5) is 11.7. The fourth-order valence-corrected chi connectivity index (χ4v) is 3.79. The zero-order chi connectivity index (χ0) is 21.1. The van der Waals surface area contributed by atoms with Crippen molar-refractivity contribution in [2.45, 2.75) is 51.7 Å². The number of aryl methyl sites for hydroxylation is 1. The molecule has 0 radical (unpaired) electrons. The third-order valence-electron chi connectivity index (χ3n) is 5.16. The van der Waals surface area contributed by atoms with E-state index in [2.05, 4.69) is 19.9 Å². The van der Waals surface area contributed by atoms with Gasteiger partial charge in [0, 0.05) is 12.0 Å². The minimum Gasteiger partial charge on any atom is -0.496 e. The summed E-state index contributed by atoms with van der Waals surface area (Å²) < 4.78 is 24.6. The van der Waals surface area contributed by atoms with Gasteiger partial charge >= 0.3 is 5.97 Å². The van der Waals surface area contributed by atoms with E-state index in [4.69, 9.17) is 9.47 Å². The van der Waals surface area contributed by atoms with Crippen molar-refractivity contribution >= 4 is 12.0 Å². The second-order valence-corrected chi connectivity index (χ2v) is 7.75. The Balaban J connectivity index is 2.16. The molecule has 4 nitrogen and oxygen atoms in total. The monoisotopic (exact) mass is 398 g/mol. The lowest BCUT2D eigenvalue weighted by Crippen LogP contribution is -2.31. The lowest BCUT2D eigenvalue weighted by Gasteiger charge is -2.24. The number of rotatable bonds is 5. The number of halogens is 1. The standard InChI is InChI=1S/C24H27FO4/c1-14(2)21-11-15(3)24(28-4)23(16-5-7-17(25)8-6-16)20(21)10-9-19-12-18(26)13-22(27)29-19/h5-11,14,18-19,26H,12-13H2,1-4H3/t18-,19-/m0/s1. The summed E-state index contributed by atoms with van der Waals surface area (Å²) in [5.41, 5.74) is 4.75. The highest BCUT2D eigenvalue weighted by Gasteiger charge is 2.26. The van der Waals surface area contributed by atoms with Crippen molar-refractivity contribution in [1.82, 2.24) is 0 Å². The molecule has 1 heterocycles. The molecule has 0 aliphatic carbocycles. The Morgan fingerprint density at radius 3 is 2.55 bits per heavy atom. The third-order valence-corrected chi connectivity index (χ3v) is 5.16. The lowest BCUT2D eigenvalue weighted by atomic mass is 9.86. The number of benzene rings is 2. The van der Waals surface area contributed by atoms with Gasteiger partial charge in [0.2, 0.25) is 0 Å². The van der Waals surface area contributed by atoms with Crippen LogP contribution in [-0.2, 0) is 9.53 Å². The average Bonchev–Trinajstić information content (AvgIpc) is 2.66. The van der Waals surface area contributed by atoms with Gasteiger partial charge < -0.3 is 14.6 Å². The molecular formula is C24H27FO4. The lowest BCUT2D eigenvalue weighted by molar-refractivity contribution is -0.156. The summed E-state index contributed by atoms with van der Waals surface area (Å²) in [7, 11) is 1.62. The molecule has 0 aromatic heterocycles. The quantitative estimate of drug-likeness (QED) is 0.719. The molecule has 0 bridgehead atoms. The molecule has 1 aliphatic heterocycles. The van der Waals surface area contributed by atoms with Crippen LogP contribution in [0.25, 0.3) is 17.2 Å². The summed E-state index contributed by atoms with van der Waals surface area (Å²) in [6.07, 6.45) is 2.95. The Labute approximate surface area is 171 Å². The highest BCUT2D eigenvalue weighted by atomic mass is 19.1. The number of ether oxygens (including phenoxy) is 2. The van der Waals surface area contributed by atoms with Crippen LogP contribution in [-0.4, -0.2) is 30.4 Å². The highest BCUT2D eigenvalue weighted by Crippen LogP contribution is 2.41. The fourth-order valence-electron chi connectivity index (χ4n) is 3.79. The average molecular weight is 398 g/mol. The summed E-state index contributed by atoms with van der Waals surface area (Å²) >= 11 is 0. The summed E-state index contributed by atoms with van der Waals surface area (Å²) in [6.45, 7) is 6.21. The van der Waals surface area contributed by atoms with E-state index in [-0.39, 0.29) is 18.2 Å². The first-order chi connectivity index (χ1) is 13.8. The summed E-state index contributed by atoms with van der Waals surface area (Å²) in [5, 5.41) is 9.88. The van der Waals surface area contributed by atoms with Crippen LogP contribution >= 0.6 is 0 Å². The van der Waals surface area contributed by atoms with Gasteiger partial charge in [0.25, 0.3) is 0 Å². The van der Waals surface area contributed by atoms with Crippen molar-refractivity contribution < 1.29 is 23.8 Å². The Morgan fingerprint density at radius 2 is 1.97 bits per heavy atom. The van der Waals surface area contributed by atoms with Gasteiger partial charge in [-0.15, -0.1) is 0 Å². The van der Waals surface area contributed by atoms with E-state index < -0.39 is 18.2 Å². The van der Waals surface area contributed by atoms with Crippen LogP contribution in [0.5, 0.6) is 5.75 Å². The van der Waals surface area contributed by atoms with Crippen LogP contribution < -0.4 is 4.74 Å². The topological polar surface area (TPSA) is 55.8 Å². The molecule has 0 amide bonds. The Kier molecular flexibility index (Phi) is 6.38. The van der Waals surface area contributed by atoms with E-state index in [1.54, 1.807) is 19.2 Å². The molecule has 3 rings (SSSR count). The van der Waals surface area contributed by atoms with Gasteiger partial charge in [0.1, 0.15) is 17.7 Å². The van der Waals surface area contributed by atoms with Crippen molar-refractivity contribution in [2.75, 3.05) is 7.11 Å². The first kappa shape index (κ1) is 21.1. The second-order valence-electron chi connectivity index (χ2n) is 7.75. The second kappa shape index (κ2) is 8.78. The maximum atomic E-state index is 13.5. The SMILES string of the molecule is COc1c(C)cc(C(C)C)c(C=C[C@H]2C[C@H](O)CC(=O)O2)c1-c1ccc(F)cc1. The number of hydrogen-bond acceptors (Lipinski definition) is 4. The van der Waals surface area contributed by atoms with Crippen molar-refractivity contribution in [2.24, 2.45) is 0 Å². The zero-order valence-corrected chi connectivity index (χ0v) is 17.2. The Morgan fingerprint density at radius 1 is 1.28 bits per heavy atom. The summed E-state index contributed by atoms with van der Waals surface area (Å²) in [6, 6.07) is 8.42. The van der Waals surface area contributed by atoms with E-state index in [9.17, 15) is 14.3 Å². The Hall–Kier alpha value is -2.66. The molecule has 2 aromatic rings. The first-order valence-corrected chi connectivity index (χ1v) is 9.83. The molecule has 154 valence electrons. The normalized spacial score (nSPS) is 19.6. The summed E-state index contributed by atoms with van der Waals surface area (Å²) in [5.74, 6) is 0.256. The molecule has 29 heavy (non-hydrogen) atoms. The maximum absolute atomic E-state index is 13.5. The molecule has 1 aliphatic rings. The number of methoxy groups -OCH3 is 1. The van der Waals surface area contributed by atoms with Crippen molar-refractivity contribution in [3.8, 4) is 16.9 Å². The predicted molar refractivity (Wildman–Crippen MR) is 111 cm³/mol. The molecule has 5 heteroatoms. The highest BCUT2D eigenvalue weighted by molar-refractivity contribution is 5.84. The van der Waals surface area contributed by atoms with Gasteiger partial charge in [-0.25, -0.2) is 4.39 Å². The van der Waals surface area contributed by atoms with Gasteiger partial charge in [-0.3, -0.25) is 4.79 Å². The van der Waals surface area contributed by atoms with Crippen LogP contribution in [0.2, 0.25) is 0 Å². The zero-order valence-electron chi connectivity index (χ0n) is 17.2. The fraction of sp³-hybridized carbons (Fsp3) is 0.375. The number of aliphatic hydroxyl groups is 1. The van der Waals surface area contributed by atoms with Gasteiger partial charge in [0.15, 0.2) is 0 Å². The minimum atomic E-state index is -0.695. The molecule has 2 aromatic carbocycles. The Bertz CT molecular complexity index is 915. The molecule has 1 saturated heterocycles. The molecule has 1 N–H and O–H groups in total. The van der Waals surface area contributed by atoms with Crippen LogP contribution in [0.15, 0.2) is 36.4 Å². The van der Waals surface area contributed by atoms with E-state index in [0.717, 1.165) is 33.6 Å². The predicted octanol–water partition coefficient (Wildman–Crippen LogP) is 5.01. The van der Waals surface area contributed by atoms with E-state index in [1.807, 2.05) is 19.1 Å². The number of aliphatic hydroxyl groups excluding tert-OH is 1. The van der Waals surface area contributed by atoms with Crippen LogP contribution in [0.1, 0.15) is 49.3 Å². The molecule has 0 unspecified atom stereocenters. The number of esters is 1. The molecule has 2 atom stereocenters. The van der Waals surface area contributed by atoms with Crippen LogP contribution in [0.3, 0.4) is 0 Å². The maximum Gasteiger partial charge on any atom is 0.309 e. The van der Waals surface area contributed by atoms with Crippen molar-refractivity contribution in [1.29, 1.82) is 0 Å². The number of hydrogen-bond donors (Lipinski definition) is 1. The number of carbonyl (C=O) groups is 1. The van der Waals surface area contributed by atoms with Gasteiger partial charge in [-0.2, -0.15) is 0 Å². The van der Waals surface area contributed by atoms with Gasteiger partial charge in [-0.05, 0) is 53.3 Å². The largest absolute Gasteiger partial charge is 0.496 e. The van der Waals surface area contributed by atoms with E-state index >= 15 is 0 Å².